The number of allylic oxidation sites excluding steroid dienone is 1. The fourth-order valence-corrected chi connectivity index (χ4v) is 3.42. The highest BCUT2D eigenvalue weighted by molar-refractivity contribution is 6.29. The van der Waals surface area contributed by atoms with Crippen molar-refractivity contribution in [2.24, 2.45) is 0 Å². The lowest BCUT2D eigenvalue weighted by molar-refractivity contribution is -0.141. The number of nitrogens with zero attached hydrogens (tertiary/aromatic N) is 1. The molecule has 6 nitrogen and oxygen atoms in total. The van der Waals surface area contributed by atoms with E-state index >= 15 is 0 Å². The number of unbranched alkanes of at least 4 members (excludes halogenated alkanes) is 3. The van der Waals surface area contributed by atoms with Crippen molar-refractivity contribution >= 4 is 28.5 Å². The number of hydrogen-bond donors (Lipinski definition) is 2. The SMILES string of the molecule is CCCCCCC(=O)N1CC(=O)/C(=C(/O)Cc2c[nH]c3ccccc23)C1=O. The molecule has 1 aromatic carbocycles. The number of hydrogen-bond acceptors (Lipinski definition) is 4. The molecule has 2 heterocycles. The topological polar surface area (TPSA) is 90.5 Å². The van der Waals surface area contributed by atoms with Gasteiger partial charge in [-0.15, -0.1) is 0 Å². The maximum atomic E-state index is 12.5. The number of nitrogens with one attached hydrogen (secondary N) is 1. The number of carbonyl (C=O) groups excluding carboxylic acids is 3. The minimum absolute atomic E-state index is 0.0648. The maximum absolute atomic E-state index is 12.5. The number of H-pyrrole nitrogens is 1. The smallest absolute Gasteiger partial charge is 0.268 e. The molecule has 1 saturated heterocycles. The van der Waals surface area contributed by atoms with Gasteiger partial charge in [0.2, 0.25) is 5.91 Å². The van der Waals surface area contributed by atoms with Gasteiger partial charge in [0.25, 0.3) is 5.91 Å². The van der Waals surface area contributed by atoms with Gasteiger partial charge in [0, 0.05) is 29.9 Å². The molecule has 27 heavy (non-hydrogen) atoms. The van der Waals surface area contributed by atoms with Crippen LogP contribution in [0.2, 0.25) is 0 Å². The molecule has 0 bridgehead atoms. The van der Waals surface area contributed by atoms with Crippen molar-refractivity contribution in [1.82, 2.24) is 9.88 Å². The van der Waals surface area contributed by atoms with Gasteiger partial charge >= 0.3 is 0 Å². The van der Waals surface area contributed by atoms with Crippen LogP contribution >= 0.6 is 0 Å². The largest absolute Gasteiger partial charge is 0.511 e. The Bertz CT molecular complexity index is 910. The summed E-state index contributed by atoms with van der Waals surface area (Å²) < 4.78 is 0. The molecule has 0 unspecified atom stereocenters. The van der Waals surface area contributed by atoms with Crippen LogP contribution in [-0.2, 0) is 20.8 Å². The standard InChI is InChI=1S/C21H24N2O4/c1-2-3-4-5-10-19(26)23-13-18(25)20(21(23)27)17(24)11-14-12-22-16-9-7-6-8-15(14)16/h6-9,12,22,24H,2-5,10-11,13H2,1H3/b20-17-. The number of amides is 2. The number of carbonyl (C=O) groups is 3. The molecule has 142 valence electrons. The highest BCUT2D eigenvalue weighted by atomic mass is 16.3. The van der Waals surface area contributed by atoms with Crippen LogP contribution < -0.4 is 0 Å². The van der Waals surface area contributed by atoms with E-state index in [1.54, 1.807) is 6.20 Å². The summed E-state index contributed by atoms with van der Waals surface area (Å²) in [6.07, 6.45) is 5.78. The van der Waals surface area contributed by atoms with Gasteiger partial charge in [-0.3, -0.25) is 19.3 Å². The quantitative estimate of drug-likeness (QED) is 0.339. The van der Waals surface area contributed by atoms with Crippen LogP contribution in [-0.4, -0.2) is 39.1 Å². The molecule has 3 rings (SSSR count). The zero-order chi connectivity index (χ0) is 19.4. The summed E-state index contributed by atoms with van der Waals surface area (Å²) in [7, 11) is 0. The number of aliphatic hydroxyl groups is 1. The first kappa shape index (κ1) is 18.9. The van der Waals surface area contributed by atoms with Crippen LogP contribution in [0, 0.1) is 0 Å². The molecule has 6 heteroatoms. The summed E-state index contributed by atoms with van der Waals surface area (Å²) in [5.74, 6) is -1.81. The van der Waals surface area contributed by atoms with Gasteiger partial charge in [0.05, 0.1) is 6.54 Å². The second kappa shape index (κ2) is 8.20. The second-order valence-electron chi connectivity index (χ2n) is 6.88. The minimum Gasteiger partial charge on any atom is -0.511 e. The molecular weight excluding hydrogens is 344 g/mol. The third kappa shape index (κ3) is 3.94. The van der Waals surface area contributed by atoms with Gasteiger partial charge in [-0.1, -0.05) is 44.4 Å². The number of aromatic amines is 1. The number of Topliss-reactive ketones (excluding diaryl/α,β-unsaturated/α-hetero) is 1. The van der Waals surface area contributed by atoms with Gasteiger partial charge in [0.15, 0.2) is 5.78 Å². The van der Waals surface area contributed by atoms with Crippen molar-refractivity contribution in [2.45, 2.75) is 45.4 Å². The van der Waals surface area contributed by atoms with Crippen LogP contribution in [0.25, 0.3) is 10.9 Å². The fourth-order valence-electron chi connectivity index (χ4n) is 3.42. The van der Waals surface area contributed by atoms with Gasteiger partial charge < -0.3 is 10.1 Å². The third-order valence-corrected chi connectivity index (χ3v) is 4.91. The number of aliphatic hydroxyl groups excluding tert-OH is 1. The molecule has 1 aromatic heterocycles. The van der Waals surface area contributed by atoms with Gasteiger partial charge in [0.1, 0.15) is 11.3 Å². The zero-order valence-corrected chi connectivity index (χ0v) is 15.5. The number of rotatable bonds is 7. The summed E-state index contributed by atoms with van der Waals surface area (Å²) in [5, 5.41) is 11.4. The molecule has 1 aliphatic heterocycles. The van der Waals surface area contributed by atoms with E-state index in [1.807, 2.05) is 24.3 Å². The number of benzene rings is 1. The van der Waals surface area contributed by atoms with Crippen LogP contribution in [0.1, 0.15) is 44.6 Å². The van der Waals surface area contributed by atoms with Crippen molar-refractivity contribution in [3.05, 3.63) is 47.4 Å². The lowest BCUT2D eigenvalue weighted by Crippen LogP contribution is -2.32. The highest BCUT2D eigenvalue weighted by Crippen LogP contribution is 2.24. The first-order valence-corrected chi connectivity index (χ1v) is 9.38. The predicted molar refractivity (Wildman–Crippen MR) is 102 cm³/mol. The average molecular weight is 368 g/mol. The van der Waals surface area contributed by atoms with E-state index in [1.165, 1.54) is 0 Å². The summed E-state index contributed by atoms with van der Waals surface area (Å²) >= 11 is 0. The molecule has 0 spiro atoms. The fraction of sp³-hybridized carbons (Fsp3) is 0.381. The van der Waals surface area contributed by atoms with Crippen LogP contribution in [0.3, 0.4) is 0 Å². The number of likely N-dealkylation sites (tertiary alicyclic amines) is 1. The van der Waals surface area contributed by atoms with Crippen molar-refractivity contribution < 1.29 is 19.5 Å². The monoisotopic (exact) mass is 368 g/mol. The van der Waals surface area contributed by atoms with Crippen LogP contribution in [0.15, 0.2) is 41.8 Å². The summed E-state index contributed by atoms with van der Waals surface area (Å²) in [6.45, 7) is 1.80. The third-order valence-electron chi connectivity index (χ3n) is 4.91. The summed E-state index contributed by atoms with van der Waals surface area (Å²) in [6, 6.07) is 7.60. The Labute approximate surface area is 157 Å². The normalized spacial score (nSPS) is 16.4. The van der Waals surface area contributed by atoms with E-state index in [0.717, 1.165) is 40.6 Å². The van der Waals surface area contributed by atoms with Gasteiger partial charge in [-0.05, 0) is 18.1 Å². The molecule has 1 aliphatic rings. The van der Waals surface area contributed by atoms with Gasteiger partial charge in [-0.2, -0.15) is 0 Å². The minimum atomic E-state index is -0.683. The predicted octanol–water partition coefficient (Wildman–Crippen LogP) is 3.43. The lowest BCUT2D eigenvalue weighted by atomic mass is 10.1. The van der Waals surface area contributed by atoms with E-state index < -0.39 is 11.7 Å². The molecule has 2 N–H and O–H groups in total. The number of aromatic nitrogens is 1. The van der Waals surface area contributed by atoms with E-state index in [0.29, 0.717) is 6.42 Å². The Balaban J connectivity index is 1.74. The van der Waals surface area contributed by atoms with E-state index in [-0.39, 0.29) is 36.6 Å². The number of fused-ring (bicyclic) bond motifs is 1. The Hall–Kier alpha value is -2.89. The molecule has 0 atom stereocenters. The summed E-state index contributed by atoms with van der Waals surface area (Å²) in [5.41, 5.74) is 1.45. The Morgan fingerprint density at radius 3 is 2.74 bits per heavy atom. The zero-order valence-electron chi connectivity index (χ0n) is 15.5. The Morgan fingerprint density at radius 1 is 1.19 bits per heavy atom. The molecule has 2 aromatic rings. The van der Waals surface area contributed by atoms with Crippen LogP contribution in [0.4, 0.5) is 0 Å². The highest BCUT2D eigenvalue weighted by Gasteiger charge is 2.39. The number of ketones is 1. The van der Waals surface area contributed by atoms with E-state index in [9.17, 15) is 19.5 Å². The van der Waals surface area contributed by atoms with Crippen molar-refractivity contribution in [3.63, 3.8) is 0 Å². The van der Waals surface area contributed by atoms with Crippen molar-refractivity contribution in [1.29, 1.82) is 0 Å². The molecule has 0 aliphatic carbocycles. The molecule has 0 saturated carbocycles. The number of para-hydroxylation sites is 1. The molecule has 0 radical (unpaired) electrons. The Morgan fingerprint density at radius 2 is 1.96 bits per heavy atom. The summed E-state index contributed by atoms with van der Waals surface area (Å²) in [4.78, 5) is 41.1. The Kier molecular flexibility index (Phi) is 5.74. The van der Waals surface area contributed by atoms with Crippen molar-refractivity contribution in [2.75, 3.05) is 6.54 Å². The lowest BCUT2D eigenvalue weighted by Gasteiger charge is -2.12. The van der Waals surface area contributed by atoms with Crippen molar-refractivity contribution in [3.8, 4) is 0 Å². The molecular formula is C21H24N2O4. The van der Waals surface area contributed by atoms with Crippen LogP contribution in [0.5, 0.6) is 0 Å². The molecule has 2 amide bonds. The van der Waals surface area contributed by atoms with E-state index in [2.05, 4.69) is 11.9 Å². The number of imide groups is 1. The first-order chi connectivity index (χ1) is 13.0. The van der Waals surface area contributed by atoms with E-state index in [4.69, 9.17) is 0 Å². The molecule has 1 fully saturated rings. The average Bonchev–Trinajstić information content (AvgIpc) is 3.19. The van der Waals surface area contributed by atoms with Gasteiger partial charge in [-0.25, -0.2) is 0 Å². The first-order valence-electron chi connectivity index (χ1n) is 9.38. The maximum Gasteiger partial charge on any atom is 0.268 e. The second-order valence-corrected chi connectivity index (χ2v) is 6.88.